The van der Waals surface area contributed by atoms with Crippen LogP contribution in [-0.2, 0) is 32.2 Å². The summed E-state index contributed by atoms with van der Waals surface area (Å²) in [5, 5.41) is 21.3. The Morgan fingerprint density at radius 3 is 2.37 bits per heavy atom. The van der Waals surface area contributed by atoms with E-state index in [1.165, 1.54) is 25.7 Å². The Hall–Kier alpha value is -3.82. The number of nitrogens with one attached hydrogen (secondary N) is 1. The lowest BCUT2D eigenvalue weighted by Gasteiger charge is -2.39. The quantitative estimate of drug-likeness (QED) is 0.161. The molecule has 3 atom stereocenters. The molecule has 46 heavy (non-hydrogen) atoms. The predicted octanol–water partition coefficient (Wildman–Crippen LogP) is 6.69. The van der Waals surface area contributed by atoms with Gasteiger partial charge in [-0.2, -0.15) is 0 Å². The summed E-state index contributed by atoms with van der Waals surface area (Å²) in [6, 6.07) is 24.8. The number of carbonyl (C=O) groups excluding carboxylic acids is 1. The van der Waals surface area contributed by atoms with Gasteiger partial charge in [0.15, 0.2) is 6.29 Å². The predicted molar refractivity (Wildman–Crippen MR) is 178 cm³/mol. The zero-order chi connectivity index (χ0) is 32.3. The van der Waals surface area contributed by atoms with Crippen molar-refractivity contribution in [2.45, 2.75) is 89.1 Å². The maximum atomic E-state index is 12.2. The number of hydrogen-bond acceptors (Lipinski definition) is 6. The average molecular weight is 627 g/mol. The number of hydrogen-bond donors (Lipinski definition) is 3. The molecule has 3 aromatic carbocycles. The number of ether oxygens (including phenoxy) is 2. The molecule has 244 valence electrons. The van der Waals surface area contributed by atoms with Gasteiger partial charge in [-0.3, -0.25) is 14.5 Å². The highest BCUT2D eigenvalue weighted by Crippen LogP contribution is 2.39. The Bertz CT molecular complexity index is 1450. The second-order valence-electron chi connectivity index (χ2n) is 12.4. The second kappa shape index (κ2) is 16.7. The van der Waals surface area contributed by atoms with Gasteiger partial charge in [0, 0.05) is 50.5 Å². The molecule has 2 aliphatic rings. The molecule has 1 amide bonds. The molecule has 1 saturated carbocycles. The van der Waals surface area contributed by atoms with Crippen molar-refractivity contribution in [3.8, 4) is 11.1 Å². The summed E-state index contributed by atoms with van der Waals surface area (Å²) in [6.07, 6.45) is 7.43. The molecule has 8 heteroatoms. The van der Waals surface area contributed by atoms with Crippen molar-refractivity contribution in [1.29, 1.82) is 0 Å². The smallest absolute Gasteiger partial charge is 0.303 e. The van der Waals surface area contributed by atoms with Gasteiger partial charge in [-0.25, -0.2) is 0 Å². The molecule has 0 aromatic heterocycles. The van der Waals surface area contributed by atoms with Crippen LogP contribution in [0.3, 0.4) is 0 Å². The first kappa shape index (κ1) is 33.5. The highest BCUT2D eigenvalue weighted by atomic mass is 16.7. The van der Waals surface area contributed by atoms with E-state index in [0.717, 1.165) is 52.9 Å². The summed E-state index contributed by atoms with van der Waals surface area (Å²) in [5.41, 5.74) is 5.87. The molecule has 3 N–H and O–H groups in total. The lowest BCUT2D eigenvalue weighted by Crippen LogP contribution is -2.43. The third kappa shape index (κ3) is 9.36. The molecule has 2 fully saturated rings. The van der Waals surface area contributed by atoms with E-state index in [1.807, 2.05) is 60.7 Å². The minimum absolute atomic E-state index is 0.00518. The molecule has 1 saturated heterocycles. The molecule has 1 heterocycles. The van der Waals surface area contributed by atoms with Gasteiger partial charge < -0.3 is 25.0 Å². The molecule has 0 spiro atoms. The summed E-state index contributed by atoms with van der Waals surface area (Å²) in [7, 11) is 0. The van der Waals surface area contributed by atoms with E-state index in [0.29, 0.717) is 19.0 Å². The van der Waals surface area contributed by atoms with Gasteiger partial charge in [-0.15, -0.1) is 6.58 Å². The standard InChI is InChI=1S/C38H46N2O6/c1-2-20-40(33-12-3-4-13-33)25-34-23-35(29-18-16-27(26-41)17-19-29)46-38(45-34)32-11-6-10-31(22-32)30-9-5-8-28(21-30)24-39-36(42)14-7-15-37(43)44/h2,5-6,8-11,16-19,21-22,33-35,38,41H,1,3-4,7,12-15,20,23-26H2,(H,39,42)(H,43,44)/t34-,35+,38+/m0/s1. The Balaban J connectivity index is 1.33. The number of aliphatic hydroxyl groups is 1. The van der Waals surface area contributed by atoms with Gasteiger partial charge in [0.1, 0.15) is 0 Å². The lowest BCUT2D eigenvalue weighted by molar-refractivity contribution is -0.253. The van der Waals surface area contributed by atoms with Crippen molar-refractivity contribution in [3.05, 3.63) is 108 Å². The second-order valence-corrected chi connectivity index (χ2v) is 12.4. The number of carboxylic acid groups (broad SMARTS) is 1. The fourth-order valence-electron chi connectivity index (χ4n) is 6.52. The van der Waals surface area contributed by atoms with Crippen LogP contribution in [-0.4, -0.2) is 52.2 Å². The van der Waals surface area contributed by atoms with Crippen molar-refractivity contribution in [2.24, 2.45) is 0 Å². The fourth-order valence-corrected chi connectivity index (χ4v) is 6.52. The molecule has 0 radical (unpaired) electrons. The van der Waals surface area contributed by atoms with Crippen molar-refractivity contribution in [2.75, 3.05) is 13.1 Å². The summed E-state index contributed by atoms with van der Waals surface area (Å²) in [4.78, 5) is 25.4. The first-order chi connectivity index (χ1) is 22.4. The summed E-state index contributed by atoms with van der Waals surface area (Å²) in [6.45, 7) is 6.04. The number of aliphatic carboxylic acids is 1. The van der Waals surface area contributed by atoms with Crippen LogP contribution in [0.5, 0.6) is 0 Å². The van der Waals surface area contributed by atoms with Crippen LogP contribution in [0.2, 0.25) is 0 Å². The number of amides is 1. The molecule has 3 aromatic rings. The van der Waals surface area contributed by atoms with Gasteiger partial charge in [-0.05, 0) is 59.2 Å². The SMILES string of the molecule is C=CCN(C[C@@H]1C[C@H](c2ccc(CO)cc2)O[C@H](c2cccc(-c3cccc(CNC(=O)CCCC(=O)O)c3)c2)O1)C1CCCC1. The summed E-state index contributed by atoms with van der Waals surface area (Å²) < 4.78 is 13.4. The van der Waals surface area contributed by atoms with E-state index in [1.54, 1.807) is 0 Å². The lowest BCUT2D eigenvalue weighted by atomic mass is 9.98. The normalized spacial score (nSPS) is 20.1. The molecular weight excluding hydrogens is 580 g/mol. The van der Waals surface area contributed by atoms with Crippen LogP contribution in [0, 0.1) is 0 Å². The first-order valence-corrected chi connectivity index (χ1v) is 16.4. The highest BCUT2D eigenvalue weighted by molar-refractivity contribution is 5.76. The van der Waals surface area contributed by atoms with Gasteiger partial charge in [0.25, 0.3) is 0 Å². The van der Waals surface area contributed by atoms with Gasteiger partial charge in [-0.1, -0.05) is 79.6 Å². The van der Waals surface area contributed by atoms with Gasteiger partial charge in [0.2, 0.25) is 5.91 Å². The van der Waals surface area contributed by atoms with E-state index < -0.39 is 12.3 Å². The molecule has 0 bridgehead atoms. The number of rotatable bonds is 15. The fraction of sp³-hybridized carbons (Fsp3) is 0.421. The molecular formula is C38H46N2O6. The Morgan fingerprint density at radius 2 is 1.65 bits per heavy atom. The summed E-state index contributed by atoms with van der Waals surface area (Å²) in [5.74, 6) is -1.05. The third-order valence-electron chi connectivity index (χ3n) is 8.96. The largest absolute Gasteiger partial charge is 0.481 e. The molecule has 1 aliphatic carbocycles. The van der Waals surface area contributed by atoms with Crippen LogP contribution in [0.1, 0.15) is 86.0 Å². The maximum absolute atomic E-state index is 12.2. The Morgan fingerprint density at radius 1 is 0.913 bits per heavy atom. The topological polar surface area (TPSA) is 108 Å². The highest BCUT2D eigenvalue weighted by Gasteiger charge is 2.34. The van der Waals surface area contributed by atoms with E-state index in [4.69, 9.17) is 14.6 Å². The minimum atomic E-state index is -0.895. The average Bonchev–Trinajstić information content (AvgIpc) is 3.62. The van der Waals surface area contributed by atoms with Crippen molar-refractivity contribution in [1.82, 2.24) is 10.2 Å². The van der Waals surface area contributed by atoms with Crippen molar-refractivity contribution in [3.63, 3.8) is 0 Å². The number of carbonyl (C=O) groups is 2. The van der Waals surface area contributed by atoms with Crippen molar-refractivity contribution >= 4 is 11.9 Å². The molecule has 8 nitrogen and oxygen atoms in total. The van der Waals surface area contributed by atoms with Crippen LogP contribution in [0.4, 0.5) is 0 Å². The van der Waals surface area contributed by atoms with Crippen LogP contribution in [0.15, 0.2) is 85.5 Å². The maximum Gasteiger partial charge on any atom is 0.303 e. The van der Waals surface area contributed by atoms with Gasteiger partial charge in [0.05, 0.1) is 18.8 Å². The third-order valence-corrected chi connectivity index (χ3v) is 8.96. The monoisotopic (exact) mass is 626 g/mol. The van der Waals surface area contributed by atoms with E-state index in [2.05, 4.69) is 35.0 Å². The first-order valence-electron chi connectivity index (χ1n) is 16.4. The van der Waals surface area contributed by atoms with Crippen LogP contribution < -0.4 is 5.32 Å². The van der Waals surface area contributed by atoms with Crippen LogP contribution >= 0.6 is 0 Å². The zero-order valence-electron chi connectivity index (χ0n) is 26.5. The molecule has 0 unspecified atom stereocenters. The number of nitrogens with zero attached hydrogens (tertiary/aromatic N) is 1. The Kier molecular flexibility index (Phi) is 12.1. The minimum Gasteiger partial charge on any atom is -0.481 e. The van der Waals surface area contributed by atoms with E-state index in [9.17, 15) is 14.7 Å². The van der Waals surface area contributed by atoms with E-state index >= 15 is 0 Å². The Labute approximate surface area is 272 Å². The number of carboxylic acids is 1. The molecule has 1 aliphatic heterocycles. The number of benzene rings is 3. The zero-order valence-corrected chi connectivity index (χ0v) is 26.5. The molecule has 5 rings (SSSR count). The van der Waals surface area contributed by atoms with Crippen molar-refractivity contribution < 1.29 is 29.3 Å². The van der Waals surface area contributed by atoms with E-state index in [-0.39, 0.29) is 37.6 Å². The summed E-state index contributed by atoms with van der Waals surface area (Å²) >= 11 is 0. The number of aliphatic hydroxyl groups excluding tert-OH is 1. The van der Waals surface area contributed by atoms with Crippen LogP contribution in [0.25, 0.3) is 11.1 Å². The van der Waals surface area contributed by atoms with Gasteiger partial charge >= 0.3 is 5.97 Å².